The van der Waals surface area contributed by atoms with Gasteiger partial charge < -0.3 is 15.4 Å². The van der Waals surface area contributed by atoms with Gasteiger partial charge in [0.15, 0.2) is 0 Å². The molecule has 0 aliphatic heterocycles. The Hall–Kier alpha value is -2.58. The summed E-state index contributed by atoms with van der Waals surface area (Å²) in [5, 5.41) is 4.75. The highest BCUT2D eigenvalue weighted by atomic mass is 19.4. The number of hydrogen-bond acceptors (Lipinski definition) is 4. The molecule has 0 unspecified atom stereocenters. The van der Waals surface area contributed by atoms with Crippen molar-refractivity contribution >= 4 is 17.8 Å². The minimum Gasteiger partial charge on any atom is -0.466 e. The van der Waals surface area contributed by atoms with E-state index in [1.807, 2.05) is 0 Å². The van der Waals surface area contributed by atoms with Crippen LogP contribution in [-0.2, 0) is 20.5 Å². The quantitative estimate of drug-likeness (QED) is 0.548. The van der Waals surface area contributed by atoms with Crippen molar-refractivity contribution in [2.45, 2.75) is 25.9 Å². The number of benzene rings is 1. The van der Waals surface area contributed by atoms with Gasteiger partial charge >= 0.3 is 12.1 Å². The van der Waals surface area contributed by atoms with Crippen LogP contribution in [0.3, 0.4) is 0 Å². The van der Waals surface area contributed by atoms with Gasteiger partial charge in [-0.3, -0.25) is 14.4 Å². The zero-order valence-corrected chi connectivity index (χ0v) is 13.6. The van der Waals surface area contributed by atoms with Gasteiger partial charge in [-0.15, -0.1) is 0 Å². The number of ether oxygens (including phenoxy) is 1. The maximum absolute atomic E-state index is 12.8. The lowest BCUT2D eigenvalue weighted by atomic mass is 10.1. The van der Waals surface area contributed by atoms with Gasteiger partial charge in [-0.1, -0.05) is 12.1 Å². The largest absolute Gasteiger partial charge is 0.466 e. The Morgan fingerprint density at radius 1 is 1.04 bits per heavy atom. The molecular weight excluding hydrogens is 341 g/mol. The third-order valence-corrected chi connectivity index (χ3v) is 3.07. The molecule has 0 fully saturated rings. The molecule has 0 aliphatic carbocycles. The van der Waals surface area contributed by atoms with E-state index >= 15 is 0 Å². The highest BCUT2D eigenvalue weighted by Crippen LogP contribution is 2.31. The molecule has 0 bridgehead atoms. The topological polar surface area (TPSA) is 84.5 Å². The Kier molecular flexibility index (Phi) is 7.90. The number of alkyl halides is 3. The molecule has 2 amide bonds. The van der Waals surface area contributed by atoms with E-state index in [9.17, 15) is 27.6 Å². The maximum atomic E-state index is 12.8. The van der Waals surface area contributed by atoms with Crippen molar-refractivity contribution in [1.29, 1.82) is 0 Å². The standard InChI is InChI=1S/C16H19F3N2O4/c1-2-25-14(23)8-7-13(22)20-9-10-21-15(24)11-5-3-4-6-12(11)16(17,18)19/h3-6H,2,7-10H2,1H3,(H,20,22)(H,21,24). The number of carbonyl (C=O) groups excluding carboxylic acids is 3. The average Bonchev–Trinajstić information content (AvgIpc) is 2.56. The van der Waals surface area contributed by atoms with Crippen molar-refractivity contribution in [3.8, 4) is 0 Å². The third-order valence-electron chi connectivity index (χ3n) is 3.07. The number of carbonyl (C=O) groups is 3. The molecule has 0 saturated heterocycles. The number of esters is 1. The van der Waals surface area contributed by atoms with Crippen LogP contribution in [0, 0.1) is 0 Å². The molecule has 0 heterocycles. The van der Waals surface area contributed by atoms with E-state index < -0.39 is 35.1 Å². The summed E-state index contributed by atoms with van der Waals surface area (Å²) in [5.41, 5.74) is -1.50. The van der Waals surface area contributed by atoms with Crippen molar-refractivity contribution in [3.63, 3.8) is 0 Å². The fraction of sp³-hybridized carbons (Fsp3) is 0.438. The minimum atomic E-state index is -4.63. The average molecular weight is 360 g/mol. The summed E-state index contributed by atoms with van der Waals surface area (Å²) >= 11 is 0. The van der Waals surface area contributed by atoms with Crippen LogP contribution < -0.4 is 10.6 Å². The Balaban J connectivity index is 2.39. The van der Waals surface area contributed by atoms with E-state index in [-0.39, 0.29) is 32.5 Å². The lowest BCUT2D eigenvalue weighted by Gasteiger charge is -2.12. The zero-order valence-electron chi connectivity index (χ0n) is 13.6. The second kappa shape index (κ2) is 9.65. The van der Waals surface area contributed by atoms with Gasteiger partial charge in [0.25, 0.3) is 5.91 Å². The number of nitrogens with one attached hydrogen (secondary N) is 2. The van der Waals surface area contributed by atoms with Crippen molar-refractivity contribution in [2.24, 2.45) is 0 Å². The van der Waals surface area contributed by atoms with Gasteiger partial charge in [0.05, 0.1) is 24.2 Å². The van der Waals surface area contributed by atoms with Crippen molar-refractivity contribution in [1.82, 2.24) is 10.6 Å². The van der Waals surface area contributed by atoms with E-state index in [0.29, 0.717) is 0 Å². The van der Waals surface area contributed by atoms with Crippen LogP contribution in [0.1, 0.15) is 35.7 Å². The van der Waals surface area contributed by atoms with Crippen LogP contribution in [0.15, 0.2) is 24.3 Å². The van der Waals surface area contributed by atoms with Crippen molar-refractivity contribution in [2.75, 3.05) is 19.7 Å². The summed E-state index contributed by atoms with van der Waals surface area (Å²) in [6.45, 7) is 1.86. The van der Waals surface area contributed by atoms with Crippen LogP contribution in [0.25, 0.3) is 0 Å². The van der Waals surface area contributed by atoms with Crippen molar-refractivity contribution < 1.29 is 32.3 Å². The molecule has 0 aromatic heterocycles. The molecule has 0 saturated carbocycles. The summed E-state index contributed by atoms with van der Waals surface area (Å²) in [6, 6.07) is 4.44. The predicted octanol–water partition coefficient (Wildman–Crippen LogP) is 1.89. The van der Waals surface area contributed by atoms with Crippen LogP contribution in [0.2, 0.25) is 0 Å². The normalized spacial score (nSPS) is 10.9. The van der Waals surface area contributed by atoms with Gasteiger partial charge in [-0.05, 0) is 19.1 Å². The monoisotopic (exact) mass is 360 g/mol. The highest BCUT2D eigenvalue weighted by molar-refractivity contribution is 5.95. The van der Waals surface area contributed by atoms with Gasteiger partial charge in [-0.2, -0.15) is 13.2 Å². The van der Waals surface area contributed by atoms with E-state index in [1.165, 1.54) is 12.1 Å². The predicted molar refractivity (Wildman–Crippen MR) is 82.7 cm³/mol. The molecule has 2 N–H and O–H groups in total. The molecule has 0 radical (unpaired) electrons. The molecule has 0 spiro atoms. The number of amides is 2. The number of halogens is 3. The molecule has 138 valence electrons. The molecule has 6 nitrogen and oxygen atoms in total. The summed E-state index contributed by atoms with van der Waals surface area (Å²) in [5.74, 6) is -1.79. The van der Waals surface area contributed by atoms with Gasteiger partial charge in [0.2, 0.25) is 5.91 Å². The number of hydrogen-bond donors (Lipinski definition) is 2. The van der Waals surface area contributed by atoms with Gasteiger partial charge in [0.1, 0.15) is 0 Å². The highest BCUT2D eigenvalue weighted by Gasteiger charge is 2.34. The lowest BCUT2D eigenvalue weighted by molar-refractivity contribution is -0.144. The summed E-state index contributed by atoms with van der Waals surface area (Å²) in [4.78, 5) is 34.4. The van der Waals surface area contributed by atoms with E-state index in [1.54, 1.807) is 6.92 Å². The summed E-state index contributed by atoms with van der Waals surface area (Å²) in [6.07, 6.45) is -4.76. The van der Waals surface area contributed by atoms with Gasteiger partial charge in [0, 0.05) is 19.5 Å². The molecule has 0 aliphatic rings. The van der Waals surface area contributed by atoms with Crippen LogP contribution in [0.4, 0.5) is 13.2 Å². The molecule has 9 heteroatoms. The van der Waals surface area contributed by atoms with Crippen LogP contribution >= 0.6 is 0 Å². The second-order valence-electron chi connectivity index (χ2n) is 4.95. The second-order valence-corrected chi connectivity index (χ2v) is 4.95. The van der Waals surface area contributed by atoms with Crippen LogP contribution in [0.5, 0.6) is 0 Å². The first-order valence-corrected chi connectivity index (χ1v) is 7.62. The fourth-order valence-corrected chi connectivity index (χ4v) is 1.94. The Morgan fingerprint density at radius 3 is 2.32 bits per heavy atom. The molecule has 1 aromatic carbocycles. The molecule has 1 rings (SSSR count). The molecule has 0 atom stereocenters. The maximum Gasteiger partial charge on any atom is 0.417 e. The smallest absolute Gasteiger partial charge is 0.417 e. The first kappa shape index (κ1) is 20.5. The lowest BCUT2D eigenvalue weighted by Crippen LogP contribution is -2.35. The number of rotatable bonds is 8. The van der Waals surface area contributed by atoms with Crippen molar-refractivity contribution in [3.05, 3.63) is 35.4 Å². The third kappa shape index (κ3) is 7.23. The van der Waals surface area contributed by atoms with E-state index in [2.05, 4.69) is 15.4 Å². The van der Waals surface area contributed by atoms with Gasteiger partial charge in [-0.25, -0.2) is 0 Å². The molecule has 25 heavy (non-hydrogen) atoms. The van der Waals surface area contributed by atoms with Crippen LogP contribution in [-0.4, -0.2) is 37.5 Å². The Bertz CT molecular complexity index is 618. The summed E-state index contributed by atoms with van der Waals surface area (Å²) in [7, 11) is 0. The molecular formula is C16H19F3N2O4. The SMILES string of the molecule is CCOC(=O)CCC(=O)NCCNC(=O)c1ccccc1C(F)(F)F. The fourth-order valence-electron chi connectivity index (χ4n) is 1.94. The Morgan fingerprint density at radius 2 is 1.68 bits per heavy atom. The zero-order chi connectivity index (χ0) is 18.9. The Labute approximate surface area is 142 Å². The first-order chi connectivity index (χ1) is 11.8. The first-order valence-electron chi connectivity index (χ1n) is 7.62. The minimum absolute atomic E-state index is 0.0293. The summed E-state index contributed by atoms with van der Waals surface area (Å²) < 4.78 is 43.2. The van der Waals surface area contributed by atoms with E-state index in [0.717, 1.165) is 12.1 Å². The van der Waals surface area contributed by atoms with E-state index in [4.69, 9.17) is 0 Å². The molecule has 1 aromatic rings.